The quantitative estimate of drug-likeness (QED) is 0.236. The zero-order chi connectivity index (χ0) is 24.7. The van der Waals surface area contributed by atoms with Crippen LogP contribution in [0.2, 0.25) is 5.02 Å². The lowest BCUT2D eigenvalue weighted by Crippen LogP contribution is -2.36. The average Bonchev–Trinajstić information content (AvgIpc) is 3.07. The molecule has 0 atom stereocenters. The molecule has 0 radical (unpaired) electrons. The number of methoxy groups -OCH3 is 1. The average molecular weight is 485 g/mol. The summed E-state index contributed by atoms with van der Waals surface area (Å²) in [6.45, 7) is 5.81. The third kappa shape index (κ3) is 5.77. The number of nitrogens with zero attached hydrogens (tertiary/aromatic N) is 1. The molecule has 0 bridgehead atoms. The topological polar surface area (TPSA) is 94.2 Å². The first-order chi connectivity index (χ1) is 16.4. The number of halogens is 1. The zero-order valence-electron chi connectivity index (χ0n) is 18.9. The van der Waals surface area contributed by atoms with Crippen molar-refractivity contribution in [1.82, 2.24) is 10.2 Å². The highest BCUT2D eigenvalue weighted by Gasteiger charge is 2.35. The van der Waals surface area contributed by atoms with E-state index >= 15 is 0 Å². The predicted molar refractivity (Wildman–Crippen MR) is 128 cm³/mol. The van der Waals surface area contributed by atoms with Crippen molar-refractivity contribution in [2.75, 3.05) is 20.3 Å². The van der Waals surface area contributed by atoms with Gasteiger partial charge >= 0.3 is 12.0 Å². The number of hydrogen-bond donors (Lipinski definition) is 1. The highest BCUT2D eigenvalue weighted by atomic mass is 35.5. The van der Waals surface area contributed by atoms with Crippen LogP contribution in [0, 0.1) is 0 Å². The molecule has 0 unspecified atom stereocenters. The lowest BCUT2D eigenvalue weighted by molar-refractivity contribution is -0.143. The van der Waals surface area contributed by atoms with Gasteiger partial charge in [0.25, 0.3) is 5.91 Å². The molecule has 1 aliphatic heterocycles. The number of urea groups is 1. The van der Waals surface area contributed by atoms with Gasteiger partial charge in [-0.25, -0.2) is 9.69 Å². The van der Waals surface area contributed by atoms with E-state index in [0.29, 0.717) is 35.1 Å². The molecule has 1 N–H and O–H groups in total. The highest BCUT2D eigenvalue weighted by Crippen LogP contribution is 2.36. The minimum absolute atomic E-state index is 0.0330. The summed E-state index contributed by atoms with van der Waals surface area (Å²) in [4.78, 5) is 37.1. The van der Waals surface area contributed by atoms with Gasteiger partial charge in [-0.15, -0.1) is 6.58 Å². The van der Waals surface area contributed by atoms with E-state index in [2.05, 4.69) is 16.6 Å². The van der Waals surface area contributed by atoms with Gasteiger partial charge in [0, 0.05) is 16.1 Å². The number of amides is 3. The summed E-state index contributed by atoms with van der Waals surface area (Å²) in [5.74, 6) is -0.309. The van der Waals surface area contributed by atoms with E-state index in [9.17, 15) is 14.4 Å². The Morgan fingerprint density at radius 1 is 1.18 bits per heavy atom. The van der Waals surface area contributed by atoms with Crippen molar-refractivity contribution in [2.45, 2.75) is 20.0 Å². The fourth-order valence-electron chi connectivity index (χ4n) is 3.34. The second kappa shape index (κ2) is 11.4. The monoisotopic (exact) mass is 484 g/mol. The van der Waals surface area contributed by atoms with Crippen molar-refractivity contribution >= 4 is 35.6 Å². The van der Waals surface area contributed by atoms with Crippen LogP contribution in [-0.2, 0) is 27.4 Å². The lowest BCUT2D eigenvalue weighted by atomic mass is 10.0. The van der Waals surface area contributed by atoms with Crippen LogP contribution in [0.25, 0.3) is 6.08 Å². The number of ether oxygens (including phenoxy) is 3. The number of esters is 1. The fraction of sp³-hybridized carbons (Fsp3) is 0.240. The molecule has 3 amide bonds. The zero-order valence-corrected chi connectivity index (χ0v) is 19.7. The highest BCUT2D eigenvalue weighted by molar-refractivity contribution is 6.31. The molecular formula is C25H25ClN2O6. The van der Waals surface area contributed by atoms with Crippen molar-refractivity contribution < 1.29 is 28.6 Å². The SMILES string of the molecule is C=CCc1cc(/C=C2/NC(=O)N(CC(=O)OC)C2=O)cc(OCC)c1OCc1ccccc1Cl. The maximum Gasteiger partial charge on any atom is 0.329 e. The number of benzene rings is 2. The van der Waals surface area contributed by atoms with Crippen molar-refractivity contribution in [3.63, 3.8) is 0 Å². The first-order valence-corrected chi connectivity index (χ1v) is 10.9. The van der Waals surface area contributed by atoms with Gasteiger partial charge in [0.15, 0.2) is 11.5 Å². The number of carbonyl (C=O) groups is 3. The van der Waals surface area contributed by atoms with Crippen LogP contribution in [0.5, 0.6) is 11.5 Å². The van der Waals surface area contributed by atoms with E-state index in [1.165, 1.54) is 13.2 Å². The van der Waals surface area contributed by atoms with Gasteiger partial charge in [0.1, 0.15) is 18.8 Å². The molecule has 0 saturated carbocycles. The Labute approximate surface area is 202 Å². The standard InChI is InChI=1S/C25H25ClN2O6/c1-4-8-17-11-16(12-20-24(30)28(25(31)27-20)14-22(29)32-3)13-21(33-5-2)23(17)34-15-18-9-6-7-10-19(18)26/h4,6-7,9-13H,1,5,8,14-15H2,2-3H3,(H,27,31)/b20-12+. The van der Waals surface area contributed by atoms with E-state index in [1.54, 1.807) is 18.2 Å². The van der Waals surface area contributed by atoms with Gasteiger partial charge < -0.3 is 19.5 Å². The minimum atomic E-state index is -0.698. The number of carbonyl (C=O) groups excluding carboxylic acids is 3. The molecule has 0 aliphatic carbocycles. The van der Waals surface area contributed by atoms with Crippen molar-refractivity contribution in [3.05, 3.63) is 76.5 Å². The van der Waals surface area contributed by atoms with Crippen molar-refractivity contribution in [2.24, 2.45) is 0 Å². The molecule has 2 aromatic rings. The van der Waals surface area contributed by atoms with Crippen LogP contribution in [-0.4, -0.2) is 43.1 Å². The summed E-state index contributed by atoms with van der Waals surface area (Å²) < 4.78 is 16.5. The van der Waals surface area contributed by atoms with E-state index in [0.717, 1.165) is 16.0 Å². The van der Waals surface area contributed by atoms with Crippen molar-refractivity contribution in [3.8, 4) is 11.5 Å². The molecule has 1 heterocycles. The Balaban J connectivity index is 1.94. The lowest BCUT2D eigenvalue weighted by Gasteiger charge is -2.17. The van der Waals surface area contributed by atoms with Gasteiger partial charge in [0.05, 0.1) is 13.7 Å². The summed E-state index contributed by atoms with van der Waals surface area (Å²) in [6, 6.07) is 10.2. The molecule has 34 heavy (non-hydrogen) atoms. The molecule has 8 nitrogen and oxygen atoms in total. The van der Waals surface area contributed by atoms with Crippen molar-refractivity contribution in [1.29, 1.82) is 0 Å². The molecule has 0 spiro atoms. The summed E-state index contributed by atoms with van der Waals surface area (Å²) in [6.07, 6.45) is 3.72. The van der Waals surface area contributed by atoms with Crippen LogP contribution in [0.1, 0.15) is 23.6 Å². The first kappa shape index (κ1) is 24.9. The fourth-order valence-corrected chi connectivity index (χ4v) is 3.53. The largest absolute Gasteiger partial charge is 0.490 e. The second-order valence-corrected chi connectivity index (χ2v) is 7.68. The van der Waals surface area contributed by atoms with Crippen LogP contribution in [0.15, 0.2) is 54.8 Å². The molecule has 1 fully saturated rings. The van der Waals surface area contributed by atoms with Gasteiger partial charge in [-0.2, -0.15) is 0 Å². The van der Waals surface area contributed by atoms with Gasteiger partial charge in [0.2, 0.25) is 0 Å². The normalized spacial score (nSPS) is 14.2. The first-order valence-electron chi connectivity index (χ1n) is 10.6. The summed E-state index contributed by atoms with van der Waals surface area (Å²) >= 11 is 6.26. The van der Waals surface area contributed by atoms with Crippen LogP contribution < -0.4 is 14.8 Å². The smallest absolute Gasteiger partial charge is 0.329 e. The number of rotatable bonds is 10. The molecule has 1 saturated heterocycles. The molecule has 0 aromatic heterocycles. The third-order valence-electron chi connectivity index (χ3n) is 4.94. The summed E-state index contributed by atoms with van der Waals surface area (Å²) in [7, 11) is 1.18. The number of allylic oxidation sites excluding steroid dienone is 1. The Bertz CT molecular complexity index is 1140. The molecule has 2 aromatic carbocycles. The molecule has 178 valence electrons. The predicted octanol–water partition coefficient (Wildman–Crippen LogP) is 4.11. The van der Waals surface area contributed by atoms with Crippen LogP contribution >= 0.6 is 11.6 Å². The molecule has 9 heteroatoms. The molecule has 3 rings (SSSR count). The number of nitrogens with one attached hydrogen (secondary N) is 1. The number of hydrogen-bond acceptors (Lipinski definition) is 6. The third-order valence-corrected chi connectivity index (χ3v) is 5.30. The van der Waals surface area contributed by atoms with Crippen LogP contribution in [0.3, 0.4) is 0 Å². The Morgan fingerprint density at radius 3 is 2.62 bits per heavy atom. The Morgan fingerprint density at radius 2 is 1.94 bits per heavy atom. The number of imide groups is 1. The summed E-state index contributed by atoms with van der Waals surface area (Å²) in [5, 5.41) is 3.08. The molecular weight excluding hydrogens is 460 g/mol. The Kier molecular flexibility index (Phi) is 8.32. The second-order valence-electron chi connectivity index (χ2n) is 7.27. The van der Waals surface area contributed by atoms with E-state index in [1.807, 2.05) is 31.2 Å². The van der Waals surface area contributed by atoms with E-state index < -0.39 is 24.5 Å². The maximum absolute atomic E-state index is 12.6. The van der Waals surface area contributed by atoms with E-state index in [-0.39, 0.29) is 12.3 Å². The van der Waals surface area contributed by atoms with Gasteiger partial charge in [-0.3, -0.25) is 9.59 Å². The van der Waals surface area contributed by atoms with E-state index in [4.69, 9.17) is 21.1 Å². The van der Waals surface area contributed by atoms with Crippen LogP contribution in [0.4, 0.5) is 4.79 Å². The molecule has 1 aliphatic rings. The maximum atomic E-state index is 12.6. The Hall–Kier alpha value is -3.78. The van der Waals surface area contributed by atoms with Gasteiger partial charge in [-0.1, -0.05) is 35.9 Å². The summed E-state index contributed by atoms with van der Waals surface area (Å²) in [5.41, 5.74) is 2.25. The minimum Gasteiger partial charge on any atom is -0.490 e. The van der Waals surface area contributed by atoms with Gasteiger partial charge in [-0.05, 0) is 43.2 Å².